The smallest absolute Gasteiger partial charge is 0.337 e. The van der Waals surface area contributed by atoms with Gasteiger partial charge in [0.05, 0.1) is 11.3 Å². The molecule has 7 heteroatoms. The van der Waals surface area contributed by atoms with E-state index in [0.29, 0.717) is 24.9 Å². The van der Waals surface area contributed by atoms with Gasteiger partial charge in [0.25, 0.3) is 10.0 Å². The van der Waals surface area contributed by atoms with E-state index in [9.17, 15) is 13.2 Å². The van der Waals surface area contributed by atoms with Crippen molar-refractivity contribution in [2.75, 3.05) is 13.1 Å². The monoisotopic (exact) mass is 312 g/mol. The zero-order valence-electron chi connectivity index (χ0n) is 12.4. The third-order valence-electron chi connectivity index (χ3n) is 3.73. The second-order valence-electron chi connectivity index (χ2n) is 5.86. The number of rotatable bonds is 3. The molecule has 21 heavy (non-hydrogen) atoms. The molecule has 0 saturated carbocycles. The highest BCUT2D eigenvalue weighted by Gasteiger charge is 2.32. The summed E-state index contributed by atoms with van der Waals surface area (Å²) in [4.78, 5) is 15.0. The number of aromatic nitrogens is 1. The van der Waals surface area contributed by atoms with Crippen LogP contribution in [0, 0.1) is 18.8 Å². The van der Waals surface area contributed by atoms with Gasteiger partial charge < -0.3 is 5.11 Å². The first kappa shape index (κ1) is 15.9. The Morgan fingerprint density at radius 2 is 1.86 bits per heavy atom. The molecule has 0 aliphatic carbocycles. The number of carboxylic acid groups (broad SMARTS) is 1. The first-order chi connectivity index (χ1) is 9.71. The quantitative estimate of drug-likeness (QED) is 0.918. The van der Waals surface area contributed by atoms with Crippen LogP contribution < -0.4 is 0 Å². The Morgan fingerprint density at radius 3 is 2.33 bits per heavy atom. The van der Waals surface area contributed by atoms with Crippen LogP contribution in [0.2, 0.25) is 0 Å². The Morgan fingerprint density at radius 1 is 1.29 bits per heavy atom. The van der Waals surface area contributed by atoms with E-state index in [1.54, 1.807) is 0 Å². The van der Waals surface area contributed by atoms with Gasteiger partial charge >= 0.3 is 5.97 Å². The minimum absolute atomic E-state index is 0.0225. The summed E-state index contributed by atoms with van der Waals surface area (Å²) in [6.45, 7) is 6.53. The molecule has 0 amide bonds. The van der Waals surface area contributed by atoms with Crippen molar-refractivity contribution in [2.24, 2.45) is 11.8 Å². The standard InChI is InChI=1S/C14H20N2O4S/c1-9-6-10(2)8-16(7-9)21(19,20)13-5-4-12(14(17)18)11(3)15-13/h4-5,9-10H,6-8H2,1-3H3,(H,17,18). The largest absolute Gasteiger partial charge is 0.478 e. The molecule has 1 aliphatic heterocycles. The van der Waals surface area contributed by atoms with Crippen molar-refractivity contribution in [1.82, 2.24) is 9.29 Å². The minimum Gasteiger partial charge on any atom is -0.478 e. The molecule has 0 bridgehead atoms. The maximum Gasteiger partial charge on any atom is 0.337 e. The first-order valence-corrected chi connectivity index (χ1v) is 8.37. The van der Waals surface area contributed by atoms with Crippen LogP contribution in [0.1, 0.15) is 36.3 Å². The van der Waals surface area contributed by atoms with E-state index in [0.717, 1.165) is 6.42 Å². The average Bonchev–Trinajstić information content (AvgIpc) is 2.36. The van der Waals surface area contributed by atoms with Gasteiger partial charge in [-0.3, -0.25) is 0 Å². The number of carbonyl (C=O) groups is 1. The number of hydrogen-bond donors (Lipinski definition) is 1. The molecule has 1 saturated heterocycles. The van der Waals surface area contributed by atoms with Crippen LogP contribution in [0.5, 0.6) is 0 Å². The predicted molar refractivity (Wildman–Crippen MR) is 77.6 cm³/mol. The van der Waals surface area contributed by atoms with E-state index >= 15 is 0 Å². The molecule has 1 N–H and O–H groups in total. The maximum absolute atomic E-state index is 12.6. The summed E-state index contributed by atoms with van der Waals surface area (Å²) in [6.07, 6.45) is 1.01. The number of hydrogen-bond acceptors (Lipinski definition) is 4. The summed E-state index contributed by atoms with van der Waals surface area (Å²) in [5.74, 6) is -0.491. The van der Waals surface area contributed by atoms with Gasteiger partial charge in [-0.05, 0) is 37.3 Å². The second kappa shape index (κ2) is 5.73. The number of aromatic carboxylic acids is 1. The van der Waals surface area contributed by atoms with E-state index in [4.69, 9.17) is 5.11 Å². The number of carboxylic acids is 1. The highest BCUT2D eigenvalue weighted by Crippen LogP contribution is 2.26. The number of sulfonamides is 1. The van der Waals surface area contributed by atoms with Gasteiger partial charge in [0.1, 0.15) is 0 Å². The number of piperidine rings is 1. The molecule has 1 fully saturated rings. The van der Waals surface area contributed by atoms with E-state index in [1.165, 1.54) is 23.4 Å². The summed E-state index contributed by atoms with van der Waals surface area (Å²) in [6, 6.07) is 2.57. The summed E-state index contributed by atoms with van der Waals surface area (Å²) < 4.78 is 26.7. The Balaban J connectivity index is 2.35. The van der Waals surface area contributed by atoms with Crippen LogP contribution in [0.25, 0.3) is 0 Å². The summed E-state index contributed by atoms with van der Waals surface area (Å²) >= 11 is 0. The molecule has 0 radical (unpaired) electrons. The lowest BCUT2D eigenvalue weighted by molar-refractivity contribution is 0.0695. The van der Waals surface area contributed by atoms with E-state index < -0.39 is 16.0 Å². The topological polar surface area (TPSA) is 87.6 Å². The van der Waals surface area contributed by atoms with Crippen LogP contribution >= 0.6 is 0 Å². The second-order valence-corrected chi connectivity index (χ2v) is 7.74. The van der Waals surface area contributed by atoms with Crippen LogP contribution in [-0.2, 0) is 10.0 Å². The minimum atomic E-state index is -3.66. The van der Waals surface area contributed by atoms with Gasteiger partial charge in [-0.15, -0.1) is 0 Å². The Hall–Kier alpha value is -1.47. The molecular formula is C14H20N2O4S. The lowest BCUT2D eigenvalue weighted by atomic mass is 9.94. The van der Waals surface area contributed by atoms with Crippen LogP contribution in [0.3, 0.4) is 0 Å². The highest BCUT2D eigenvalue weighted by atomic mass is 32.2. The summed E-state index contributed by atoms with van der Waals surface area (Å²) in [5, 5.41) is 8.90. The van der Waals surface area contributed by atoms with E-state index in [1.807, 2.05) is 13.8 Å². The molecule has 2 unspecified atom stereocenters. The van der Waals surface area contributed by atoms with Gasteiger partial charge in [0.15, 0.2) is 5.03 Å². The molecule has 1 aromatic heterocycles. The Labute approximate surface area is 124 Å². The van der Waals surface area contributed by atoms with Crippen molar-refractivity contribution < 1.29 is 18.3 Å². The van der Waals surface area contributed by atoms with Crippen molar-refractivity contribution >= 4 is 16.0 Å². The van der Waals surface area contributed by atoms with Crippen molar-refractivity contribution in [3.05, 3.63) is 23.4 Å². The molecular weight excluding hydrogens is 292 g/mol. The maximum atomic E-state index is 12.6. The lowest BCUT2D eigenvalue weighted by Crippen LogP contribution is -2.42. The molecule has 1 aliphatic rings. The molecule has 2 heterocycles. The number of pyridine rings is 1. The SMILES string of the molecule is Cc1nc(S(=O)(=O)N2CC(C)CC(C)C2)ccc1C(=O)O. The lowest BCUT2D eigenvalue weighted by Gasteiger charge is -2.33. The summed E-state index contributed by atoms with van der Waals surface area (Å²) in [5.41, 5.74) is 0.232. The highest BCUT2D eigenvalue weighted by molar-refractivity contribution is 7.89. The van der Waals surface area contributed by atoms with Gasteiger partial charge in [0, 0.05) is 13.1 Å². The van der Waals surface area contributed by atoms with Gasteiger partial charge in [-0.25, -0.2) is 18.2 Å². The zero-order valence-corrected chi connectivity index (χ0v) is 13.2. The van der Waals surface area contributed by atoms with Crippen molar-refractivity contribution in [1.29, 1.82) is 0 Å². The van der Waals surface area contributed by atoms with Crippen molar-refractivity contribution in [3.8, 4) is 0 Å². The molecule has 1 aromatic rings. The van der Waals surface area contributed by atoms with Crippen molar-refractivity contribution in [3.63, 3.8) is 0 Å². The molecule has 2 atom stereocenters. The molecule has 6 nitrogen and oxygen atoms in total. The van der Waals surface area contributed by atoms with E-state index in [2.05, 4.69) is 4.98 Å². The molecule has 0 aromatic carbocycles. The average molecular weight is 312 g/mol. The van der Waals surface area contributed by atoms with Gasteiger partial charge in [-0.2, -0.15) is 4.31 Å². The molecule has 0 spiro atoms. The van der Waals surface area contributed by atoms with Gasteiger partial charge in [0.2, 0.25) is 0 Å². The third kappa shape index (κ3) is 3.24. The predicted octanol–water partition coefficient (Wildman–Crippen LogP) is 1.75. The van der Waals surface area contributed by atoms with Crippen LogP contribution in [0.4, 0.5) is 0 Å². The molecule has 2 rings (SSSR count). The fourth-order valence-corrected chi connectivity index (χ4v) is 4.50. The van der Waals surface area contributed by atoms with E-state index in [-0.39, 0.29) is 16.3 Å². The Bertz CT molecular complexity index is 647. The summed E-state index contributed by atoms with van der Waals surface area (Å²) in [7, 11) is -3.66. The Kier molecular flexibility index (Phi) is 4.34. The fraction of sp³-hybridized carbons (Fsp3) is 0.571. The number of nitrogens with zero attached hydrogens (tertiary/aromatic N) is 2. The normalized spacial score (nSPS) is 24.0. The van der Waals surface area contributed by atoms with Crippen LogP contribution in [-0.4, -0.2) is 41.9 Å². The van der Waals surface area contributed by atoms with Crippen molar-refractivity contribution in [2.45, 2.75) is 32.2 Å². The number of aryl methyl sites for hydroxylation is 1. The zero-order chi connectivity index (χ0) is 15.8. The van der Waals surface area contributed by atoms with Gasteiger partial charge in [-0.1, -0.05) is 13.8 Å². The third-order valence-corrected chi connectivity index (χ3v) is 5.46. The first-order valence-electron chi connectivity index (χ1n) is 6.93. The fourth-order valence-electron chi connectivity index (χ4n) is 2.84. The van der Waals surface area contributed by atoms with Crippen LogP contribution in [0.15, 0.2) is 17.2 Å². The molecule has 116 valence electrons.